The number of carbonyl (C=O) groups excluding carboxylic acids is 1. The summed E-state index contributed by atoms with van der Waals surface area (Å²) in [5.74, 6) is 0.228. The summed E-state index contributed by atoms with van der Waals surface area (Å²) in [5.41, 5.74) is -0.225. The second-order valence-corrected chi connectivity index (χ2v) is 4.99. The average molecular weight is 242 g/mol. The van der Waals surface area contributed by atoms with E-state index in [1.54, 1.807) is 0 Å². The van der Waals surface area contributed by atoms with Crippen LogP contribution < -0.4 is 5.32 Å². The summed E-state index contributed by atoms with van der Waals surface area (Å²) >= 11 is 0. The van der Waals surface area contributed by atoms with Gasteiger partial charge in [-0.1, -0.05) is 6.92 Å². The highest BCUT2D eigenvalue weighted by molar-refractivity contribution is 5.83. The Morgan fingerprint density at radius 3 is 3.06 bits per heavy atom. The number of rotatable bonds is 3. The first-order chi connectivity index (χ1) is 8.22. The van der Waals surface area contributed by atoms with Gasteiger partial charge in [0.2, 0.25) is 5.91 Å². The summed E-state index contributed by atoms with van der Waals surface area (Å²) in [6.45, 7) is 5.48. The molecule has 1 amide bonds. The van der Waals surface area contributed by atoms with Crippen LogP contribution in [0.4, 0.5) is 0 Å². The van der Waals surface area contributed by atoms with Gasteiger partial charge >= 0.3 is 0 Å². The van der Waals surface area contributed by atoms with Crippen LogP contribution in [0, 0.1) is 5.41 Å². The van der Waals surface area contributed by atoms with Gasteiger partial charge in [-0.05, 0) is 19.4 Å². The standard InChI is InChI=1S/C12H22N2O3/c1-2-12(3-4-13-9-12)11(16)14-5-6-17-10(7-14)8-15/h10,13,15H,2-9H2,1H3. The van der Waals surface area contributed by atoms with Crippen molar-refractivity contribution in [3.05, 3.63) is 0 Å². The van der Waals surface area contributed by atoms with Gasteiger partial charge in [0.1, 0.15) is 0 Å². The van der Waals surface area contributed by atoms with Crippen LogP contribution in [0.5, 0.6) is 0 Å². The van der Waals surface area contributed by atoms with Crippen LogP contribution in [-0.2, 0) is 9.53 Å². The fourth-order valence-electron chi connectivity index (χ4n) is 2.73. The molecule has 0 saturated carbocycles. The molecule has 0 bridgehead atoms. The summed E-state index contributed by atoms with van der Waals surface area (Å²) in [4.78, 5) is 14.4. The zero-order valence-electron chi connectivity index (χ0n) is 10.4. The number of nitrogens with one attached hydrogen (secondary N) is 1. The highest BCUT2D eigenvalue weighted by Crippen LogP contribution is 2.32. The maximum absolute atomic E-state index is 12.6. The number of hydrogen-bond donors (Lipinski definition) is 2. The first-order valence-corrected chi connectivity index (χ1v) is 6.44. The normalized spacial score (nSPS) is 34.0. The third kappa shape index (κ3) is 2.46. The lowest BCUT2D eigenvalue weighted by molar-refractivity contribution is -0.150. The van der Waals surface area contributed by atoms with Gasteiger partial charge in [-0.3, -0.25) is 4.79 Å². The van der Waals surface area contributed by atoms with Gasteiger partial charge in [0.15, 0.2) is 0 Å². The molecule has 2 aliphatic heterocycles. The molecule has 2 fully saturated rings. The third-order valence-electron chi connectivity index (χ3n) is 4.00. The number of morpholine rings is 1. The quantitative estimate of drug-likeness (QED) is 0.706. The maximum Gasteiger partial charge on any atom is 0.230 e. The van der Waals surface area contributed by atoms with E-state index in [9.17, 15) is 4.79 Å². The predicted octanol–water partition coefficient (Wildman–Crippen LogP) is -0.404. The molecule has 0 aromatic rings. The van der Waals surface area contributed by atoms with Gasteiger partial charge in [-0.2, -0.15) is 0 Å². The molecule has 98 valence electrons. The van der Waals surface area contributed by atoms with Crippen molar-refractivity contribution in [3.63, 3.8) is 0 Å². The molecule has 0 radical (unpaired) electrons. The first-order valence-electron chi connectivity index (χ1n) is 6.44. The molecule has 0 spiro atoms. The topological polar surface area (TPSA) is 61.8 Å². The minimum Gasteiger partial charge on any atom is -0.394 e. The van der Waals surface area contributed by atoms with E-state index in [0.717, 1.165) is 25.9 Å². The second kappa shape index (κ2) is 5.33. The molecule has 2 rings (SSSR count). The number of ether oxygens (including phenoxy) is 1. The number of aliphatic hydroxyl groups is 1. The Morgan fingerprint density at radius 1 is 1.65 bits per heavy atom. The Hall–Kier alpha value is -0.650. The summed E-state index contributed by atoms with van der Waals surface area (Å²) in [6, 6.07) is 0. The number of amides is 1. The van der Waals surface area contributed by atoms with Gasteiger partial charge in [0.25, 0.3) is 0 Å². The number of hydrogen-bond acceptors (Lipinski definition) is 4. The van der Waals surface area contributed by atoms with Crippen molar-refractivity contribution in [3.8, 4) is 0 Å². The maximum atomic E-state index is 12.6. The van der Waals surface area contributed by atoms with Crippen molar-refractivity contribution < 1.29 is 14.6 Å². The molecule has 5 heteroatoms. The van der Waals surface area contributed by atoms with Crippen LogP contribution in [0.3, 0.4) is 0 Å². The molecule has 2 aliphatic rings. The van der Waals surface area contributed by atoms with Crippen molar-refractivity contribution in [1.29, 1.82) is 0 Å². The van der Waals surface area contributed by atoms with Crippen molar-refractivity contribution in [2.24, 2.45) is 5.41 Å². The van der Waals surface area contributed by atoms with Gasteiger partial charge in [0, 0.05) is 19.6 Å². The van der Waals surface area contributed by atoms with E-state index in [0.29, 0.717) is 19.7 Å². The smallest absolute Gasteiger partial charge is 0.230 e. The number of carbonyl (C=O) groups is 1. The van der Waals surface area contributed by atoms with Crippen LogP contribution in [0.15, 0.2) is 0 Å². The number of aliphatic hydroxyl groups excluding tert-OH is 1. The third-order valence-corrected chi connectivity index (χ3v) is 4.00. The fraction of sp³-hybridized carbons (Fsp3) is 0.917. The predicted molar refractivity (Wildman–Crippen MR) is 63.6 cm³/mol. The summed E-state index contributed by atoms with van der Waals surface area (Å²) < 4.78 is 5.38. The van der Waals surface area contributed by atoms with Crippen LogP contribution >= 0.6 is 0 Å². The molecule has 5 nitrogen and oxygen atoms in total. The minimum absolute atomic E-state index is 0.0127. The Balaban J connectivity index is 2.03. The first kappa shape index (κ1) is 12.8. The van der Waals surface area contributed by atoms with Crippen LogP contribution in [0.2, 0.25) is 0 Å². The van der Waals surface area contributed by atoms with Gasteiger partial charge in [0.05, 0.1) is 24.7 Å². The molecule has 17 heavy (non-hydrogen) atoms. The van der Waals surface area contributed by atoms with Crippen LogP contribution in [0.25, 0.3) is 0 Å². The van der Waals surface area contributed by atoms with Crippen molar-refractivity contribution >= 4 is 5.91 Å². The van der Waals surface area contributed by atoms with E-state index in [1.165, 1.54) is 0 Å². The molecular weight excluding hydrogens is 220 g/mol. The van der Waals surface area contributed by atoms with E-state index in [2.05, 4.69) is 12.2 Å². The van der Waals surface area contributed by atoms with E-state index >= 15 is 0 Å². The molecule has 0 aliphatic carbocycles. The molecule has 2 saturated heterocycles. The van der Waals surface area contributed by atoms with Crippen molar-refractivity contribution in [2.75, 3.05) is 39.4 Å². The Kier molecular flexibility index (Phi) is 4.01. The largest absolute Gasteiger partial charge is 0.394 e. The zero-order valence-corrected chi connectivity index (χ0v) is 10.4. The van der Waals surface area contributed by atoms with Gasteiger partial charge in [-0.15, -0.1) is 0 Å². The van der Waals surface area contributed by atoms with Crippen LogP contribution in [-0.4, -0.2) is 61.4 Å². The molecule has 2 heterocycles. The van der Waals surface area contributed by atoms with E-state index in [4.69, 9.17) is 9.84 Å². The highest BCUT2D eigenvalue weighted by atomic mass is 16.5. The molecule has 2 N–H and O–H groups in total. The average Bonchev–Trinajstić information content (AvgIpc) is 2.88. The van der Waals surface area contributed by atoms with Crippen LogP contribution in [0.1, 0.15) is 19.8 Å². The second-order valence-electron chi connectivity index (χ2n) is 4.99. The summed E-state index contributed by atoms with van der Waals surface area (Å²) in [5, 5.41) is 12.4. The lowest BCUT2D eigenvalue weighted by Gasteiger charge is -2.38. The van der Waals surface area contributed by atoms with Gasteiger partial charge < -0.3 is 20.1 Å². The minimum atomic E-state index is -0.225. The molecule has 2 atom stereocenters. The van der Waals surface area contributed by atoms with Crippen molar-refractivity contribution in [1.82, 2.24) is 10.2 Å². The molecule has 0 aromatic heterocycles. The SMILES string of the molecule is CCC1(C(=O)N2CCOC(CO)C2)CCNC1. The van der Waals surface area contributed by atoms with E-state index in [-0.39, 0.29) is 24.0 Å². The molecular formula is C12H22N2O3. The van der Waals surface area contributed by atoms with E-state index in [1.807, 2.05) is 4.90 Å². The Morgan fingerprint density at radius 2 is 2.47 bits per heavy atom. The highest BCUT2D eigenvalue weighted by Gasteiger charge is 2.42. The monoisotopic (exact) mass is 242 g/mol. The summed E-state index contributed by atoms with van der Waals surface area (Å²) in [6.07, 6.45) is 1.58. The number of nitrogens with zero attached hydrogens (tertiary/aromatic N) is 1. The summed E-state index contributed by atoms with van der Waals surface area (Å²) in [7, 11) is 0. The fourth-order valence-corrected chi connectivity index (χ4v) is 2.73. The van der Waals surface area contributed by atoms with Gasteiger partial charge in [-0.25, -0.2) is 0 Å². The Bertz CT molecular complexity index is 277. The van der Waals surface area contributed by atoms with Crippen molar-refractivity contribution in [2.45, 2.75) is 25.9 Å². The lowest BCUT2D eigenvalue weighted by atomic mass is 9.82. The lowest BCUT2D eigenvalue weighted by Crippen LogP contribution is -2.52. The molecule has 0 aromatic carbocycles. The van der Waals surface area contributed by atoms with E-state index < -0.39 is 0 Å². The molecule has 2 unspecified atom stereocenters. The Labute approximate surface area is 102 Å². The zero-order chi connectivity index (χ0) is 12.3.